The lowest BCUT2D eigenvalue weighted by atomic mass is 10.2. The number of aromatic amines is 1. The van der Waals surface area contributed by atoms with E-state index >= 15 is 0 Å². The first kappa shape index (κ1) is 10.4. The first-order valence-corrected chi connectivity index (χ1v) is 6.22. The molecule has 4 nitrogen and oxygen atoms in total. The summed E-state index contributed by atoms with van der Waals surface area (Å²) >= 11 is 6.39. The lowest BCUT2D eigenvalue weighted by Gasteiger charge is -2.05. The molecular formula is C11H8N4S2. The minimum Gasteiger partial charge on any atom is -0.328 e. The summed E-state index contributed by atoms with van der Waals surface area (Å²) in [6.45, 7) is 0. The van der Waals surface area contributed by atoms with Gasteiger partial charge in [0.05, 0.1) is 11.2 Å². The SMILES string of the molecule is S=c1[nH]nc(Nc2cccc3cccnc23)s1. The fourth-order valence-corrected chi connectivity index (χ4v) is 2.41. The molecule has 3 rings (SSSR count). The molecule has 0 spiro atoms. The molecule has 0 saturated heterocycles. The highest BCUT2D eigenvalue weighted by atomic mass is 32.1. The van der Waals surface area contributed by atoms with Crippen molar-refractivity contribution in [2.45, 2.75) is 0 Å². The number of aromatic nitrogens is 3. The van der Waals surface area contributed by atoms with Crippen molar-refractivity contribution in [2.24, 2.45) is 0 Å². The summed E-state index contributed by atoms with van der Waals surface area (Å²) in [6, 6.07) is 9.93. The number of para-hydroxylation sites is 1. The Balaban J connectivity index is 2.08. The van der Waals surface area contributed by atoms with E-state index in [2.05, 4.69) is 20.5 Å². The van der Waals surface area contributed by atoms with Gasteiger partial charge in [-0.15, -0.1) is 5.10 Å². The monoisotopic (exact) mass is 260 g/mol. The van der Waals surface area contributed by atoms with Crippen molar-refractivity contribution in [3.8, 4) is 0 Å². The number of hydrogen-bond donors (Lipinski definition) is 2. The summed E-state index contributed by atoms with van der Waals surface area (Å²) in [4.78, 5) is 4.36. The van der Waals surface area contributed by atoms with Gasteiger partial charge in [0.25, 0.3) is 0 Å². The molecule has 0 amide bonds. The summed E-state index contributed by atoms with van der Waals surface area (Å²) in [6.07, 6.45) is 1.78. The molecule has 0 radical (unpaired) electrons. The van der Waals surface area contributed by atoms with E-state index in [4.69, 9.17) is 12.2 Å². The lowest BCUT2D eigenvalue weighted by molar-refractivity contribution is 1.08. The van der Waals surface area contributed by atoms with E-state index in [9.17, 15) is 0 Å². The Kier molecular flexibility index (Phi) is 2.58. The van der Waals surface area contributed by atoms with Gasteiger partial charge < -0.3 is 5.32 Å². The highest BCUT2D eigenvalue weighted by Gasteiger charge is 2.03. The molecule has 6 heteroatoms. The van der Waals surface area contributed by atoms with Gasteiger partial charge in [-0.25, -0.2) is 0 Å². The Bertz CT molecular complexity index is 711. The number of H-pyrrole nitrogens is 1. The lowest BCUT2D eigenvalue weighted by Crippen LogP contribution is -1.92. The van der Waals surface area contributed by atoms with Gasteiger partial charge in [-0.1, -0.05) is 29.5 Å². The number of pyridine rings is 1. The maximum absolute atomic E-state index is 4.99. The van der Waals surface area contributed by atoms with Gasteiger partial charge in [0.15, 0.2) is 3.95 Å². The first-order chi connectivity index (χ1) is 8.33. The van der Waals surface area contributed by atoms with E-state index in [1.807, 2.05) is 30.3 Å². The predicted octanol–water partition coefficient (Wildman–Crippen LogP) is 3.49. The highest BCUT2D eigenvalue weighted by Crippen LogP contribution is 2.25. The van der Waals surface area contributed by atoms with E-state index in [1.165, 1.54) is 11.3 Å². The molecular weight excluding hydrogens is 252 g/mol. The molecule has 0 unspecified atom stereocenters. The van der Waals surface area contributed by atoms with Crippen LogP contribution in [-0.4, -0.2) is 15.2 Å². The van der Waals surface area contributed by atoms with Crippen molar-refractivity contribution >= 4 is 45.3 Å². The largest absolute Gasteiger partial charge is 0.328 e. The van der Waals surface area contributed by atoms with Crippen molar-refractivity contribution in [3.63, 3.8) is 0 Å². The van der Waals surface area contributed by atoms with E-state index in [1.54, 1.807) is 6.20 Å². The standard InChI is InChI=1S/C11H8N4S2/c16-11-15-14-10(17-11)13-8-5-1-3-7-4-2-6-12-9(7)8/h1-6H,(H,13,14)(H,15,16). The van der Waals surface area contributed by atoms with Crippen LogP contribution in [0.1, 0.15) is 0 Å². The van der Waals surface area contributed by atoms with Crippen molar-refractivity contribution in [3.05, 3.63) is 40.5 Å². The minimum atomic E-state index is 0.653. The van der Waals surface area contributed by atoms with Crippen LogP contribution in [0.2, 0.25) is 0 Å². The molecule has 0 saturated carbocycles. The van der Waals surface area contributed by atoms with Crippen LogP contribution < -0.4 is 5.32 Å². The second kappa shape index (κ2) is 4.23. The van der Waals surface area contributed by atoms with Crippen LogP contribution in [0.5, 0.6) is 0 Å². The van der Waals surface area contributed by atoms with Gasteiger partial charge in [-0.3, -0.25) is 10.1 Å². The molecule has 0 fully saturated rings. The van der Waals surface area contributed by atoms with Crippen molar-refractivity contribution in [1.82, 2.24) is 15.2 Å². The Morgan fingerprint density at radius 2 is 2.12 bits per heavy atom. The number of rotatable bonds is 2. The second-order valence-corrected chi connectivity index (χ2v) is 5.09. The van der Waals surface area contributed by atoms with Gasteiger partial charge in [0, 0.05) is 11.6 Å². The van der Waals surface area contributed by atoms with Crippen LogP contribution in [-0.2, 0) is 0 Å². The predicted molar refractivity (Wildman–Crippen MR) is 72.3 cm³/mol. The number of nitrogens with zero attached hydrogens (tertiary/aromatic N) is 2. The van der Waals surface area contributed by atoms with E-state index in [-0.39, 0.29) is 0 Å². The van der Waals surface area contributed by atoms with Gasteiger partial charge >= 0.3 is 0 Å². The van der Waals surface area contributed by atoms with Gasteiger partial charge in [-0.05, 0) is 24.4 Å². The van der Waals surface area contributed by atoms with Crippen LogP contribution in [0.25, 0.3) is 10.9 Å². The van der Waals surface area contributed by atoms with Crippen LogP contribution >= 0.6 is 23.6 Å². The third kappa shape index (κ3) is 2.04. The van der Waals surface area contributed by atoms with E-state index in [0.29, 0.717) is 3.95 Å². The third-order valence-electron chi connectivity index (χ3n) is 2.31. The number of hydrogen-bond acceptors (Lipinski definition) is 5. The van der Waals surface area contributed by atoms with Crippen molar-refractivity contribution in [1.29, 1.82) is 0 Å². The molecule has 17 heavy (non-hydrogen) atoms. The maximum atomic E-state index is 4.99. The quantitative estimate of drug-likeness (QED) is 0.692. The average Bonchev–Trinajstić information content (AvgIpc) is 2.75. The Hall–Kier alpha value is -1.79. The second-order valence-electron chi connectivity index (χ2n) is 3.42. The molecule has 0 bridgehead atoms. The van der Waals surface area contributed by atoms with Crippen molar-refractivity contribution < 1.29 is 0 Å². The zero-order valence-corrected chi connectivity index (χ0v) is 10.3. The van der Waals surface area contributed by atoms with Crippen LogP contribution in [0.3, 0.4) is 0 Å². The van der Waals surface area contributed by atoms with Gasteiger partial charge in [0.1, 0.15) is 0 Å². The zero-order chi connectivity index (χ0) is 11.7. The molecule has 2 heterocycles. The van der Waals surface area contributed by atoms with E-state index in [0.717, 1.165) is 21.7 Å². The highest BCUT2D eigenvalue weighted by molar-refractivity contribution is 7.73. The van der Waals surface area contributed by atoms with Crippen LogP contribution in [0.4, 0.5) is 10.8 Å². The molecule has 1 aromatic carbocycles. The van der Waals surface area contributed by atoms with Gasteiger partial charge in [-0.2, -0.15) is 0 Å². The number of benzene rings is 1. The summed E-state index contributed by atoms with van der Waals surface area (Å²) in [5, 5.41) is 11.9. The summed E-state index contributed by atoms with van der Waals surface area (Å²) in [7, 11) is 0. The number of nitrogens with one attached hydrogen (secondary N) is 2. The summed E-state index contributed by atoms with van der Waals surface area (Å²) < 4.78 is 0.653. The molecule has 0 atom stereocenters. The Morgan fingerprint density at radius 1 is 1.24 bits per heavy atom. The fraction of sp³-hybridized carbons (Fsp3) is 0. The molecule has 0 aliphatic carbocycles. The smallest absolute Gasteiger partial charge is 0.208 e. The third-order valence-corrected chi connectivity index (χ3v) is 3.32. The number of fused-ring (bicyclic) bond motifs is 1. The van der Waals surface area contributed by atoms with E-state index < -0.39 is 0 Å². The van der Waals surface area contributed by atoms with Gasteiger partial charge in [0.2, 0.25) is 5.13 Å². The summed E-state index contributed by atoms with van der Waals surface area (Å²) in [5.41, 5.74) is 1.86. The molecule has 3 aromatic rings. The summed E-state index contributed by atoms with van der Waals surface area (Å²) in [5.74, 6) is 0. The van der Waals surface area contributed by atoms with Crippen LogP contribution in [0, 0.1) is 3.95 Å². The average molecular weight is 260 g/mol. The maximum Gasteiger partial charge on any atom is 0.208 e. The molecule has 0 aliphatic rings. The molecule has 2 N–H and O–H groups in total. The van der Waals surface area contributed by atoms with Crippen molar-refractivity contribution in [2.75, 3.05) is 5.32 Å². The topological polar surface area (TPSA) is 53.6 Å². The molecule has 2 aromatic heterocycles. The molecule has 0 aliphatic heterocycles. The Labute approximate surface area is 106 Å². The zero-order valence-electron chi connectivity index (χ0n) is 8.68. The minimum absolute atomic E-state index is 0.653. The number of anilines is 2. The van der Waals surface area contributed by atoms with Crippen LogP contribution in [0.15, 0.2) is 36.5 Å². The fourth-order valence-electron chi connectivity index (χ4n) is 1.60. The first-order valence-electron chi connectivity index (χ1n) is 4.99. The Morgan fingerprint density at radius 3 is 2.94 bits per heavy atom. The normalized spacial score (nSPS) is 10.6. The molecule has 84 valence electrons.